The lowest BCUT2D eigenvalue weighted by Gasteiger charge is -2.53. The van der Waals surface area contributed by atoms with Crippen molar-refractivity contribution in [2.75, 3.05) is 6.61 Å². The molecule has 20 heavy (non-hydrogen) atoms. The minimum atomic E-state index is 0.315. The van der Waals surface area contributed by atoms with Crippen molar-refractivity contribution >= 4 is 11.3 Å². The normalized spacial score (nSPS) is 32.1. The molecule has 1 N–H and O–H groups in total. The summed E-state index contributed by atoms with van der Waals surface area (Å²) in [6.07, 6.45) is 6.78. The molecule has 112 valence electrons. The Morgan fingerprint density at radius 1 is 1.40 bits per heavy atom. The second-order valence-corrected chi connectivity index (χ2v) is 7.71. The summed E-state index contributed by atoms with van der Waals surface area (Å²) in [4.78, 5) is 3.16. The third-order valence-electron chi connectivity index (χ3n) is 5.43. The Morgan fingerprint density at radius 2 is 2.25 bits per heavy atom. The highest BCUT2D eigenvalue weighted by Gasteiger charge is 2.50. The maximum absolute atomic E-state index is 5.88. The second kappa shape index (κ2) is 5.78. The maximum atomic E-state index is 5.88. The lowest BCUT2D eigenvalue weighted by Crippen LogP contribution is -2.61. The van der Waals surface area contributed by atoms with Crippen LogP contribution < -0.4 is 5.32 Å². The summed E-state index contributed by atoms with van der Waals surface area (Å²) in [6, 6.07) is 3.04. The van der Waals surface area contributed by atoms with E-state index in [1.807, 2.05) is 11.3 Å². The van der Waals surface area contributed by atoms with Crippen LogP contribution in [0, 0.1) is 5.41 Å². The topological polar surface area (TPSA) is 21.3 Å². The van der Waals surface area contributed by atoms with Gasteiger partial charge in [0.25, 0.3) is 0 Å². The van der Waals surface area contributed by atoms with Gasteiger partial charge >= 0.3 is 0 Å². The molecule has 1 aromatic heterocycles. The van der Waals surface area contributed by atoms with E-state index in [4.69, 9.17) is 4.74 Å². The van der Waals surface area contributed by atoms with Gasteiger partial charge in [-0.3, -0.25) is 0 Å². The summed E-state index contributed by atoms with van der Waals surface area (Å²) in [5.41, 5.74) is 1.93. The van der Waals surface area contributed by atoms with Crippen LogP contribution in [0.4, 0.5) is 0 Å². The molecule has 0 saturated heterocycles. The van der Waals surface area contributed by atoms with Crippen molar-refractivity contribution < 1.29 is 4.74 Å². The molecule has 0 aliphatic heterocycles. The van der Waals surface area contributed by atoms with E-state index >= 15 is 0 Å². The first-order valence-electron chi connectivity index (χ1n) is 8.12. The van der Waals surface area contributed by atoms with Gasteiger partial charge < -0.3 is 10.1 Å². The smallest absolute Gasteiger partial charge is 0.0658 e. The van der Waals surface area contributed by atoms with Crippen LogP contribution in [0.5, 0.6) is 0 Å². The Bertz CT molecular complexity index is 448. The van der Waals surface area contributed by atoms with Crippen LogP contribution in [0.25, 0.3) is 0 Å². The van der Waals surface area contributed by atoms with Gasteiger partial charge in [0, 0.05) is 34.4 Å². The molecule has 3 unspecified atom stereocenters. The maximum Gasteiger partial charge on any atom is 0.0658 e. The van der Waals surface area contributed by atoms with Gasteiger partial charge in [0.05, 0.1) is 6.10 Å². The fraction of sp³-hybridized carbons (Fsp3) is 0.765. The molecular weight excluding hydrogens is 266 g/mol. The molecule has 1 heterocycles. The highest BCUT2D eigenvalue weighted by atomic mass is 32.1. The van der Waals surface area contributed by atoms with Gasteiger partial charge in [-0.1, -0.05) is 13.8 Å². The minimum absolute atomic E-state index is 0.315. The monoisotopic (exact) mass is 293 g/mol. The molecule has 1 aromatic rings. The lowest BCUT2D eigenvalue weighted by atomic mass is 9.61. The predicted molar refractivity (Wildman–Crippen MR) is 85.4 cm³/mol. The Hall–Kier alpha value is -0.380. The van der Waals surface area contributed by atoms with Crippen LogP contribution in [0.3, 0.4) is 0 Å². The van der Waals surface area contributed by atoms with Crippen molar-refractivity contribution in [1.82, 2.24) is 5.32 Å². The van der Waals surface area contributed by atoms with Gasteiger partial charge in [0.2, 0.25) is 0 Å². The zero-order chi connectivity index (χ0) is 14.2. The number of nitrogens with one attached hydrogen (secondary N) is 1. The third-order valence-corrected chi connectivity index (χ3v) is 6.67. The number of ether oxygens (including phenoxy) is 1. The minimum Gasteiger partial charge on any atom is -0.378 e. The highest BCUT2D eigenvalue weighted by molar-refractivity contribution is 7.12. The first-order chi connectivity index (χ1) is 9.67. The zero-order valence-corrected chi connectivity index (χ0v) is 13.8. The second-order valence-electron chi connectivity index (χ2n) is 6.49. The standard InChI is InChI=1S/C17H27NOS/c1-4-17(3)15(10-16(17)19-5-2)18-11-13-9-12-7-6-8-14(12)20-13/h9,15-16,18H,4-8,10-11H2,1-3H3. The number of thiophene rings is 1. The summed E-state index contributed by atoms with van der Waals surface area (Å²) in [5, 5.41) is 3.78. The predicted octanol–water partition coefficient (Wildman–Crippen LogP) is 3.92. The van der Waals surface area contributed by atoms with E-state index < -0.39 is 0 Å². The first-order valence-corrected chi connectivity index (χ1v) is 8.94. The van der Waals surface area contributed by atoms with Crippen molar-refractivity contribution in [1.29, 1.82) is 0 Å². The number of rotatable bonds is 6. The van der Waals surface area contributed by atoms with Crippen LogP contribution >= 0.6 is 11.3 Å². The van der Waals surface area contributed by atoms with E-state index in [0.29, 0.717) is 17.6 Å². The lowest BCUT2D eigenvalue weighted by molar-refractivity contribution is -0.126. The van der Waals surface area contributed by atoms with Crippen molar-refractivity contribution in [2.24, 2.45) is 5.41 Å². The van der Waals surface area contributed by atoms with E-state index in [2.05, 4.69) is 32.2 Å². The highest BCUT2D eigenvalue weighted by Crippen LogP contribution is 2.46. The molecule has 0 amide bonds. The molecule has 0 bridgehead atoms. The summed E-state index contributed by atoms with van der Waals surface area (Å²) in [6.45, 7) is 8.65. The SMILES string of the molecule is CCOC1CC(NCc2cc3c(s2)CCC3)C1(C)CC. The molecule has 0 radical (unpaired) electrons. The molecule has 3 atom stereocenters. The van der Waals surface area contributed by atoms with Crippen molar-refractivity contribution in [2.45, 2.75) is 71.6 Å². The molecule has 3 heteroatoms. The Kier molecular flexibility index (Phi) is 4.21. The van der Waals surface area contributed by atoms with Crippen molar-refractivity contribution in [3.05, 3.63) is 21.4 Å². The van der Waals surface area contributed by atoms with Gasteiger partial charge in [0.15, 0.2) is 0 Å². The van der Waals surface area contributed by atoms with Gasteiger partial charge in [-0.25, -0.2) is 0 Å². The average Bonchev–Trinajstić information content (AvgIpc) is 3.01. The molecule has 1 fully saturated rings. The van der Waals surface area contributed by atoms with Crippen LogP contribution in [0.2, 0.25) is 0 Å². The molecule has 2 nitrogen and oxygen atoms in total. The van der Waals surface area contributed by atoms with Gasteiger partial charge in [-0.2, -0.15) is 0 Å². The van der Waals surface area contributed by atoms with Gasteiger partial charge in [-0.15, -0.1) is 11.3 Å². The van der Waals surface area contributed by atoms with Crippen LogP contribution in [-0.4, -0.2) is 18.8 Å². The molecular formula is C17H27NOS. The van der Waals surface area contributed by atoms with Crippen molar-refractivity contribution in [3.63, 3.8) is 0 Å². The van der Waals surface area contributed by atoms with Crippen LogP contribution in [-0.2, 0) is 24.1 Å². The fourth-order valence-corrected chi connectivity index (χ4v) is 4.98. The molecule has 0 aromatic carbocycles. The summed E-state index contributed by atoms with van der Waals surface area (Å²) in [7, 11) is 0. The van der Waals surface area contributed by atoms with E-state index in [0.717, 1.165) is 13.2 Å². The summed E-state index contributed by atoms with van der Waals surface area (Å²) < 4.78 is 5.88. The van der Waals surface area contributed by atoms with Crippen LogP contribution in [0.1, 0.15) is 55.4 Å². The number of hydrogen-bond acceptors (Lipinski definition) is 3. The largest absolute Gasteiger partial charge is 0.378 e. The summed E-state index contributed by atoms with van der Waals surface area (Å²) in [5.74, 6) is 0. The van der Waals surface area contributed by atoms with Crippen LogP contribution in [0.15, 0.2) is 6.07 Å². The Morgan fingerprint density at radius 3 is 2.95 bits per heavy atom. The third kappa shape index (κ3) is 2.44. The molecule has 2 aliphatic rings. The molecule has 0 spiro atoms. The van der Waals surface area contributed by atoms with Crippen molar-refractivity contribution in [3.8, 4) is 0 Å². The number of hydrogen-bond donors (Lipinski definition) is 1. The van der Waals surface area contributed by atoms with Gasteiger partial charge in [-0.05, 0) is 50.7 Å². The van der Waals surface area contributed by atoms with E-state index in [9.17, 15) is 0 Å². The van der Waals surface area contributed by atoms with E-state index in [1.54, 1.807) is 10.4 Å². The fourth-order valence-electron chi connectivity index (χ4n) is 3.77. The van der Waals surface area contributed by atoms with Gasteiger partial charge in [0.1, 0.15) is 0 Å². The molecule has 1 saturated carbocycles. The Balaban J connectivity index is 1.56. The first kappa shape index (κ1) is 14.6. The zero-order valence-electron chi connectivity index (χ0n) is 13.0. The Labute approximate surface area is 126 Å². The summed E-state index contributed by atoms with van der Waals surface area (Å²) >= 11 is 2.02. The molecule has 3 rings (SSSR count). The number of fused-ring (bicyclic) bond motifs is 1. The average molecular weight is 293 g/mol. The van der Waals surface area contributed by atoms with E-state index in [-0.39, 0.29) is 0 Å². The molecule has 2 aliphatic carbocycles. The quantitative estimate of drug-likeness (QED) is 0.858. The van der Waals surface area contributed by atoms with E-state index in [1.165, 1.54) is 37.0 Å². The number of aryl methyl sites for hydroxylation is 2.